The highest BCUT2D eigenvalue weighted by molar-refractivity contribution is 5.94. The summed E-state index contributed by atoms with van der Waals surface area (Å²) in [5.74, 6) is 1.06. The zero-order chi connectivity index (χ0) is 21.3. The zero-order valence-corrected chi connectivity index (χ0v) is 18.1. The second kappa shape index (κ2) is 10.8. The van der Waals surface area contributed by atoms with Crippen molar-refractivity contribution >= 4 is 17.6 Å². The van der Waals surface area contributed by atoms with E-state index in [4.69, 9.17) is 4.74 Å². The van der Waals surface area contributed by atoms with Gasteiger partial charge in [-0.2, -0.15) is 0 Å². The van der Waals surface area contributed by atoms with Gasteiger partial charge in [0.2, 0.25) is 0 Å². The van der Waals surface area contributed by atoms with Gasteiger partial charge in [0, 0.05) is 32.4 Å². The lowest BCUT2D eigenvalue weighted by Crippen LogP contribution is -2.38. The number of hydrogen-bond donors (Lipinski definition) is 3. The molecule has 2 aromatic rings. The van der Waals surface area contributed by atoms with E-state index in [0.29, 0.717) is 19.1 Å². The van der Waals surface area contributed by atoms with E-state index in [0.717, 1.165) is 36.6 Å². The highest BCUT2D eigenvalue weighted by atomic mass is 16.5. The molecule has 6 heteroatoms. The molecular weight excluding hydrogens is 376 g/mol. The fraction of sp³-hybridized carbons (Fsp3) is 0.417. The molecule has 1 aliphatic rings. The molecule has 3 rings (SSSR count). The fourth-order valence-corrected chi connectivity index (χ4v) is 3.44. The molecule has 0 bridgehead atoms. The van der Waals surface area contributed by atoms with E-state index in [1.54, 1.807) is 7.05 Å². The van der Waals surface area contributed by atoms with Crippen LogP contribution in [-0.4, -0.2) is 38.2 Å². The summed E-state index contributed by atoms with van der Waals surface area (Å²) in [5, 5.41) is 9.68. The van der Waals surface area contributed by atoms with Crippen molar-refractivity contribution in [2.75, 3.05) is 25.5 Å². The topological polar surface area (TPSA) is 74.8 Å². The average Bonchev–Trinajstić information content (AvgIpc) is 3.29. The monoisotopic (exact) mass is 408 g/mol. The van der Waals surface area contributed by atoms with E-state index in [1.807, 2.05) is 24.3 Å². The first kappa shape index (κ1) is 21.8. The van der Waals surface area contributed by atoms with E-state index in [9.17, 15) is 4.79 Å². The molecular formula is C24H32N4O2. The van der Waals surface area contributed by atoms with Crippen molar-refractivity contribution in [1.29, 1.82) is 0 Å². The van der Waals surface area contributed by atoms with Crippen molar-refractivity contribution < 1.29 is 9.53 Å². The molecule has 1 saturated heterocycles. The van der Waals surface area contributed by atoms with Crippen LogP contribution in [0.4, 0.5) is 5.69 Å². The van der Waals surface area contributed by atoms with Crippen molar-refractivity contribution in [3.63, 3.8) is 0 Å². The van der Waals surface area contributed by atoms with E-state index in [1.165, 1.54) is 11.1 Å². The van der Waals surface area contributed by atoms with Gasteiger partial charge in [-0.3, -0.25) is 9.79 Å². The molecule has 2 unspecified atom stereocenters. The van der Waals surface area contributed by atoms with Crippen molar-refractivity contribution in [2.45, 2.75) is 45.3 Å². The number of ether oxygens (including phenoxy) is 1. The quantitative estimate of drug-likeness (QED) is 0.484. The molecule has 1 aliphatic heterocycles. The van der Waals surface area contributed by atoms with E-state index < -0.39 is 0 Å². The van der Waals surface area contributed by atoms with Gasteiger partial charge in [-0.1, -0.05) is 48.9 Å². The lowest BCUT2D eigenvalue weighted by molar-refractivity contribution is -0.124. The number of aryl methyl sites for hydroxylation is 1. The summed E-state index contributed by atoms with van der Waals surface area (Å²) in [6.07, 6.45) is 1.40. The van der Waals surface area contributed by atoms with E-state index in [-0.39, 0.29) is 12.0 Å². The van der Waals surface area contributed by atoms with Crippen LogP contribution in [0.1, 0.15) is 42.4 Å². The summed E-state index contributed by atoms with van der Waals surface area (Å²) in [4.78, 5) is 16.6. The largest absolute Gasteiger partial charge is 0.368 e. The van der Waals surface area contributed by atoms with Crippen molar-refractivity contribution in [3.05, 3.63) is 65.2 Å². The summed E-state index contributed by atoms with van der Waals surface area (Å²) in [7, 11) is 1.77. The molecule has 30 heavy (non-hydrogen) atoms. The summed E-state index contributed by atoms with van der Waals surface area (Å²) >= 11 is 0. The van der Waals surface area contributed by atoms with Gasteiger partial charge in [0.1, 0.15) is 6.10 Å². The van der Waals surface area contributed by atoms with Crippen LogP contribution in [0.15, 0.2) is 53.5 Å². The Bertz CT molecular complexity index is 858. The van der Waals surface area contributed by atoms with Gasteiger partial charge in [-0.15, -0.1) is 0 Å². The summed E-state index contributed by atoms with van der Waals surface area (Å²) in [6, 6.07) is 16.5. The SMILES string of the molecule is CN=C(NCc1cccc(NC(=O)C2CCCO2)c1)NCC(C)c1ccc(C)cc1. The molecule has 6 nitrogen and oxygen atoms in total. The number of guanidine groups is 1. The second-order valence-electron chi connectivity index (χ2n) is 7.81. The average molecular weight is 409 g/mol. The third-order valence-electron chi connectivity index (χ3n) is 5.32. The summed E-state index contributed by atoms with van der Waals surface area (Å²) in [5.41, 5.74) is 4.42. The Hall–Kier alpha value is -2.86. The van der Waals surface area contributed by atoms with Crippen LogP contribution in [0.5, 0.6) is 0 Å². The number of aliphatic imine (C=N–C) groups is 1. The van der Waals surface area contributed by atoms with Gasteiger partial charge >= 0.3 is 0 Å². The molecule has 2 aromatic carbocycles. The first-order valence-electron chi connectivity index (χ1n) is 10.6. The molecule has 0 aromatic heterocycles. The van der Waals surface area contributed by atoms with Gasteiger partial charge in [0.25, 0.3) is 5.91 Å². The lowest BCUT2D eigenvalue weighted by atomic mass is 10.0. The smallest absolute Gasteiger partial charge is 0.253 e. The third-order valence-corrected chi connectivity index (χ3v) is 5.32. The van der Waals surface area contributed by atoms with Gasteiger partial charge in [-0.05, 0) is 48.9 Å². The molecule has 3 N–H and O–H groups in total. The number of carbonyl (C=O) groups is 1. The number of anilines is 1. The molecule has 0 radical (unpaired) electrons. The molecule has 1 amide bonds. The molecule has 1 heterocycles. The molecule has 0 saturated carbocycles. The number of benzene rings is 2. The van der Waals surface area contributed by atoms with Crippen LogP contribution in [0.25, 0.3) is 0 Å². The van der Waals surface area contributed by atoms with Crippen LogP contribution in [-0.2, 0) is 16.1 Å². The number of hydrogen-bond acceptors (Lipinski definition) is 3. The van der Waals surface area contributed by atoms with Crippen molar-refractivity contribution in [3.8, 4) is 0 Å². The Balaban J connectivity index is 1.48. The normalized spacial score (nSPS) is 17.4. The van der Waals surface area contributed by atoms with Gasteiger partial charge < -0.3 is 20.7 Å². The Kier molecular flexibility index (Phi) is 7.85. The van der Waals surface area contributed by atoms with Crippen LogP contribution in [0.3, 0.4) is 0 Å². The predicted octanol–water partition coefficient (Wildman–Crippen LogP) is 3.58. The zero-order valence-electron chi connectivity index (χ0n) is 18.1. The van der Waals surface area contributed by atoms with Crippen LogP contribution < -0.4 is 16.0 Å². The lowest BCUT2D eigenvalue weighted by Gasteiger charge is -2.17. The minimum Gasteiger partial charge on any atom is -0.368 e. The maximum atomic E-state index is 12.2. The minimum absolute atomic E-state index is 0.0693. The van der Waals surface area contributed by atoms with Gasteiger partial charge in [0.15, 0.2) is 5.96 Å². The Morgan fingerprint density at radius 3 is 2.70 bits per heavy atom. The second-order valence-corrected chi connectivity index (χ2v) is 7.81. The molecule has 0 aliphatic carbocycles. The number of nitrogens with zero attached hydrogens (tertiary/aromatic N) is 1. The summed E-state index contributed by atoms with van der Waals surface area (Å²) < 4.78 is 5.45. The Morgan fingerprint density at radius 1 is 1.20 bits per heavy atom. The Morgan fingerprint density at radius 2 is 2.00 bits per heavy atom. The third kappa shape index (κ3) is 6.32. The summed E-state index contributed by atoms with van der Waals surface area (Å²) in [6.45, 7) is 6.37. The molecule has 0 spiro atoms. The van der Waals surface area contributed by atoms with Crippen LogP contribution in [0.2, 0.25) is 0 Å². The molecule has 2 atom stereocenters. The van der Waals surface area contributed by atoms with Crippen LogP contribution >= 0.6 is 0 Å². The Labute approximate surface area is 179 Å². The van der Waals surface area contributed by atoms with Gasteiger partial charge in [0.05, 0.1) is 0 Å². The standard InChI is InChI=1S/C24H32N4O2/c1-17-9-11-20(12-10-17)18(2)15-26-24(25-3)27-16-19-6-4-7-21(14-19)28-23(29)22-8-5-13-30-22/h4,6-7,9-12,14,18,22H,5,8,13,15-16H2,1-3H3,(H,28,29)(H2,25,26,27). The van der Waals surface area contributed by atoms with Crippen molar-refractivity contribution in [1.82, 2.24) is 10.6 Å². The number of carbonyl (C=O) groups excluding carboxylic acids is 1. The molecule has 160 valence electrons. The van der Waals surface area contributed by atoms with E-state index >= 15 is 0 Å². The predicted molar refractivity (Wildman–Crippen MR) is 122 cm³/mol. The molecule has 1 fully saturated rings. The van der Waals surface area contributed by atoms with Crippen molar-refractivity contribution in [2.24, 2.45) is 4.99 Å². The number of nitrogens with one attached hydrogen (secondary N) is 3. The minimum atomic E-state index is -0.328. The first-order valence-corrected chi connectivity index (χ1v) is 10.6. The first-order chi connectivity index (χ1) is 14.5. The number of amides is 1. The highest BCUT2D eigenvalue weighted by Gasteiger charge is 2.23. The fourth-order valence-electron chi connectivity index (χ4n) is 3.44. The maximum absolute atomic E-state index is 12.2. The number of rotatable bonds is 7. The van der Waals surface area contributed by atoms with E-state index in [2.05, 4.69) is 59.1 Å². The maximum Gasteiger partial charge on any atom is 0.253 e. The highest BCUT2D eigenvalue weighted by Crippen LogP contribution is 2.17. The van der Waals surface area contributed by atoms with Gasteiger partial charge in [-0.25, -0.2) is 0 Å². The van der Waals surface area contributed by atoms with Crippen LogP contribution in [0, 0.1) is 6.92 Å².